The number of ether oxygens (including phenoxy) is 1. The first-order valence-corrected chi connectivity index (χ1v) is 6.91. The van der Waals surface area contributed by atoms with Gasteiger partial charge in [0.05, 0.1) is 0 Å². The SMILES string of the molecule is O=C(COc1ccc2ccccc2c1)Nc1cccc(O)c1. The van der Waals surface area contributed by atoms with Crippen molar-refractivity contribution in [1.29, 1.82) is 0 Å². The molecule has 4 heteroatoms. The highest BCUT2D eigenvalue weighted by Gasteiger charge is 2.05. The van der Waals surface area contributed by atoms with Gasteiger partial charge >= 0.3 is 0 Å². The summed E-state index contributed by atoms with van der Waals surface area (Å²) in [6.07, 6.45) is 0. The van der Waals surface area contributed by atoms with Gasteiger partial charge < -0.3 is 15.2 Å². The normalized spacial score (nSPS) is 10.4. The molecule has 0 fully saturated rings. The topological polar surface area (TPSA) is 58.6 Å². The van der Waals surface area contributed by atoms with Crippen molar-refractivity contribution >= 4 is 22.4 Å². The van der Waals surface area contributed by atoms with E-state index >= 15 is 0 Å². The van der Waals surface area contributed by atoms with Crippen LogP contribution in [0.3, 0.4) is 0 Å². The molecule has 0 spiro atoms. The van der Waals surface area contributed by atoms with Crippen LogP contribution in [0.2, 0.25) is 0 Å². The van der Waals surface area contributed by atoms with E-state index in [-0.39, 0.29) is 18.3 Å². The monoisotopic (exact) mass is 293 g/mol. The third-order valence-corrected chi connectivity index (χ3v) is 3.22. The first-order chi connectivity index (χ1) is 10.7. The Kier molecular flexibility index (Phi) is 3.92. The van der Waals surface area contributed by atoms with Gasteiger partial charge in [-0.2, -0.15) is 0 Å². The number of phenols is 1. The molecule has 3 aromatic carbocycles. The molecule has 0 aliphatic heterocycles. The number of aromatic hydroxyl groups is 1. The number of nitrogens with one attached hydrogen (secondary N) is 1. The highest BCUT2D eigenvalue weighted by Crippen LogP contribution is 2.20. The fraction of sp³-hybridized carbons (Fsp3) is 0.0556. The number of hydrogen-bond acceptors (Lipinski definition) is 3. The summed E-state index contributed by atoms with van der Waals surface area (Å²) in [7, 11) is 0. The summed E-state index contributed by atoms with van der Waals surface area (Å²) in [5.74, 6) is 0.469. The smallest absolute Gasteiger partial charge is 0.262 e. The van der Waals surface area contributed by atoms with Gasteiger partial charge in [-0.15, -0.1) is 0 Å². The zero-order valence-electron chi connectivity index (χ0n) is 11.8. The predicted octanol–water partition coefficient (Wildman–Crippen LogP) is 3.56. The van der Waals surface area contributed by atoms with Gasteiger partial charge in [-0.3, -0.25) is 4.79 Å². The molecule has 1 amide bonds. The van der Waals surface area contributed by atoms with Crippen LogP contribution in [0.4, 0.5) is 5.69 Å². The standard InChI is InChI=1S/C18H15NO3/c20-16-7-3-6-15(11-16)19-18(21)12-22-17-9-8-13-4-1-2-5-14(13)10-17/h1-11,20H,12H2,(H,19,21). The Hall–Kier alpha value is -3.01. The second kappa shape index (κ2) is 6.18. The average molecular weight is 293 g/mol. The number of amides is 1. The van der Waals surface area contributed by atoms with Crippen molar-refractivity contribution in [2.24, 2.45) is 0 Å². The fourth-order valence-corrected chi connectivity index (χ4v) is 2.19. The zero-order valence-corrected chi connectivity index (χ0v) is 11.8. The summed E-state index contributed by atoms with van der Waals surface area (Å²) < 4.78 is 5.50. The van der Waals surface area contributed by atoms with Gasteiger partial charge in [0.1, 0.15) is 11.5 Å². The first-order valence-electron chi connectivity index (χ1n) is 6.91. The van der Waals surface area contributed by atoms with Crippen LogP contribution in [0.1, 0.15) is 0 Å². The average Bonchev–Trinajstić information content (AvgIpc) is 2.53. The molecule has 4 nitrogen and oxygen atoms in total. The maximum atomic E-state index is 11.8. The summed E-state index contributed by atoms with van der Waals surface area (Å²) in [5.41, 5.74) is 0.534. The van der Waals surface area contributed by atoms with Crippen molar-refractivity contribution in [3.05, 3.63) is 66.7 Å². The molecule has 0 unspecified atom stereocenters. The van der Waals surface area contributed by atoms with Gasteiger partial charge in [-0.05, 0) is 35.0 Å². The van der Waals surface area contributed by atoms with Crippen LogP contribution >= 0.6 is 0 Å². The van der Waals surface area contributed by atoms with Gasteiger partial charge in [-0.25, -0.2) is 0 Å². The predicted molar refractivity (Wildman–Crippen MR) is 86.2 cm³/mol. The molecule has 3 aromatic rings. The summed E-state index contributed by atoms with van der Waals surface area (Å²) >= 11 is 0. The Bertz CT molecular complexity index is 814. The molecule has 110 valence electrons. The molecular formula is C18H15NO3. The van der Waals surface area contributed by atoms with Gasteiger partial charge in [0.25, 0.3) is 5.91 Å². The Labute approximate surface area is 128 Å². The Morgan fingerprint density at radius 1 is 0.955 bits per heavy atom. The van der Waals surface area contributed by atoms with E-state index < -0.39 is 0 Å². The number of rotatable bonds is 4. The molecular weight excluding hydrogens is 278 g/mol. The van der Waals surface area contributed by atoms with E-state index in [0.717, 1.165) is 10.8 Å². The van der Waals surface area contributed by atoms with Gasteiger partial charge in [0.15, 0.2) is 6.61 Å². The Balaban J connectivity index is 1.62. The van der Waals surface area contributed by atoms with Gasteiger partial charge in [-0.1, -0.05) is 36.4 Å². The van der Waals surface area contributed by atoms with Crippen LogP contribution in [0, 0.1) is 0 Å². The molecule has 0 aliphatic rings. The van der Waals surface area contributed by atoms with Gasteiger partial charge in [0, 0.05) is 11.8 Å². The minimum Gasteiger partial charge on any atom is -0.508 e. The van der Waals surface area contributed by atoms with Crippen molar-refractivity contribution in [3.63, 3.8) is 0 Å². The summed E-state index contributed by atoms with van der Waals surface area (Å²) in [6.45, 7) is -0.0893. The van der Waals surface area contributed by atoms with E-state index in [1.807, 2.05) is 42.5 Å². The second-order valence-corrected chi connectivity index (χ2v) is 4.90. The van der Waals surface area contributed by atoms with E-state index in [0.29, 0.717) is 11.4 Å². The maximum absolute atomic E-state index is 11.8. The van der Waals surface area contributed by atoms with Crippen LogP contribution in [-0.4, -0.2) is 17.6 Å². The highest BCUT2D eigenvalue weighted by atomic mass is 16.5. The van der Waals surface area contributed by atoms with Crippen LogP contribution in [0.5, 0.6) is 11.5 Å². The summed E-state index contributed by atoms with van der Waals surface area (Å²) in [5, 5.41) is 14.2. The molecule has 0 saturated heterocycles. The molecule has 0 saturated carbocycles. The number of carbonyl (C=O) groups is 1. The van der Waals surface area contributed by atoms with E-state index in [1.165, 1.54) is 6.07 Å². The van der Waals surface area contributed by atoms with E-state index in [4.69, 9.17) is 4.74 Å². The number of phenolic OH excluding ortho intramolecular Hbond substituents is 1. The van der Waals surface area contributed by atoms with E-state index in [2.05, 4.69) is 5.32 Å². The number of hydrogen-bond donors (Lipinski definition) is 2. The van der Waals surface area contributed by atoms with Crippen LogP contribution < -0.4 is 10.1 Å². The molecule has 0 atom stereocenters. The van der Waals surface area contributed by atoms with Crippen LogP contribution in [0.25, 0.3) is 10.8 Å². The molecule has 0 heterocycles. The first kappa shape index (κ1) is 13.9. The largest absolute Gasteiger partial charge is 0.508 e. The van der Waals surface area contributed by atoms with Crippen molar-refractivity contribution in [1.82, 2.24) is 0 Å². The van der Waals surface area contributed by atoms with Crippen molar-refractivity contribution in [2.45, 2.75) is 0 Å². The highest BCUT2D eigenvalue weighted by molar-refractivity contribution is 5.92. The molecule has 0 bridgehead atoms. The molecule has 22 heavy (non-hydrogen) atoms. The number of carbonyl (C=O) groups excluding carboxylic acids is 1. The third-order valence-electron chi connectivity index (χ3n) is 3.22. The molecule has 2 N–H and O–H groups in total. The molecule has 0 aromatic heterocycles. The number of fused-ring (bicyclic) bond motifs is 1. The lowest BCUT2D eigenvalue weighted by atomic mass is 10.1. The Morgan fingerprint density at radius 2 is 1.77 bits per heavy atom. The second-order valence-electron chi connectivity index (χ2n) is 4.90. The minimum absolute atomic E-state index is 0.0893. The number of benzene rings is 3. The molecule has 0 aliphatic carbocycles. The fourth-order valence-electron chi connectivity index (χ4n) is 2.19. The quantitative estimate of drug-likeness (QED) is 0.773. The lowest BCUT2D eigenvalue weighted by molar-refractivity contribution is -0.118. The number of anilines is 1. The van der Waals surface area contributed by atoms with Gasteiger partial charge in [0.2, 0.25) is 0 Å². The Morgan fingerprint density at radius 3 is 2.59 bits per heavy atom. The lowest BCUT2D eigenvalue weighted by Gasteiger charge is -2.08. The van der Waals surface area contributed by atoms with Crippen molar-refractivity contribution in [3.8, 4) is 11.5 Å². The lowest BCUT2D eigenvalue weighted by Crippen LogP contribution is -2.20. The summed E-state index contributed by atoms with van der Waals surface area (Å²) in [4.78, 5) is 11.8. The molecule has 3 rings (SSSR count). The molecule has 0 radical (unpaired) electrons. The van der Waals surface area contributed by atoms with Crippen molar-refractivity contribution < 1.29 is 14.6 Å². The zero-order chi connectivity index (χ0) is 15.4. The van der Waals surface area contributed by atoms with Crippen LogP contribution in [0.15, 0.2) is 66.7 Å². The van der Waals surface area contributed by atoms with Crippen molar-refractivity contribution in [2.75, 3.05) is 11.9 Å². The maximum Gasteiger partial charge on any atom is 0.262 e. The third kappa shape index (κ3) is 3.35. The van der Waals surface area contributed by atoms with E-state index in [1.54, 1.807) is 18.2 Å². The van der Waals surface area contributed by atoms with Crippen LogP contribution in [-0.2, 0) is 4.79 Å². The van der Waals surface area contributed by atoms with E-state index in [9.17, 15) is 9.90 Å². The minimum atomic E-state index is -0.279. The summed E-state index contributed by atoms with van der Waals surface area (Å²) in [6, 6.07) is 20.0.